The lowest BCUT2D eigenvalue weighted by Crippen LogP contribution is -2.44. The lowest BCUT2D eigenvalue weighted by atomic mass is 9.87. The number of hydrogen-bond acceptors (Lipinski definition) is 5. The molecule has 0 unspecified atom stereocenters. The van der Waals surface area contributed by atoms with Crippen LogP contribution in [-0.2, 0) is 0 Å². The Morgan fingerprint density at radius 1 is 1.33 bits per heavy atom. The third kappa shape index (κ3) is 3.51. The highest BCUT2D eigenvalue weighted by atomic mass is 19.1. The first-order valence-corrected chi connectivity index (χ1v) is 9.42. The molecular weight excluding hydrogens is 345 g/mol. The van der Waals surface area contributed by atoms with E-state index in [1.165, 1.54) is 6.07 Å². The normalized spacial score (nSPS) is 20.6. The number of hydrogen-bond donors (Lipinski definition) is 2. The number of aromatic amines is 1. The van der Waals surface area contributed by atoms with E-state index in [-0.39, 0.29) is 17.7 Å². The molecule has 0 aromatic carbocycles. The number of H-pyrrole nitrogens is 1. The Morgan fingerprint density at radius 2 is 2.19 bits per heavy atom. The van der Waals surface area contributed by atoms with Crippen LogP contribution in [0, 0.1) is 17.7 Å². The molecule has 142 valence electrons. The van der Waals surface area contributed by atoms with Gasteiger partial charge in [0.15, 0.2) is 11.5 Å². The van der Waals surface area contributed by atoms with Gasteiger partial charge in [0.2, 0.25) is 0 Å². The first-order chi connectivity index (χ1) is 13.0. The number of rotatable bonds is 4. The second kappa shape index (κ2) is 7.23. The first-order valence-electron chi connectivity index (χ1n) is 9.42. The first kappa shape index (κ1) is 17.9. The molecule has 0 saturated carbocycles. The monoisotopic (exact) mass is 369 g/mol. The lowest BCUT2D eigenvalue weighted by molar-refractivity contribution is 0.0764. The Bertz CT molecular complexity index is 941. The van der Waals surface area contributed by atoms with Crippen LogP contribution in [-0.4, -0.2) is 44.5 Å². The van der Waals surface area contributed by atoms with Crippen LogP contribution < -0.4 is 4.90 Å². The Hall–Kier alpha value is -2.54. The molecule has 1 aliphatic heterocycles. The molecule has 2 atom stereocenters. The van der Waals surface area contributed by atoms with Gasteiger partial charge < -0.3 is 10.0 Å². The maximum absolute atomic E-state index is 14.5. The van der Waals surface area contributed by atoms with Gasteiger partial charge in [-0.25, -0.2) is 14.4 Å². The van der Waals surface area contributed by atoms with Crippen LogP contribution in [0.3, 0.4) is 0 Å². The van der Waals surface area contributed by atoms with Gasteiger partial charge in [0.25, 0.3) is 0 Å². The fourth-order valence-electron chi connectivity index (χ4n) is 3.88. The van der Waals surface area contributed by atoms with Crippen molar-refractivity contribution >= 4 is 16.9 Å². The van der Waals surface area contributed by atoms with Crippen molar-refractivity contribution in [3.63, 3.8) is 0 Å². The van der Waals surface area contributed by atoms with Crippen LogP contribution in [0.4, 0.5) is 10.2 Å². The van der Waals surface area contributed by atoms with E-state index >= 15 is 0 Å². The largest absolute Gasteiger partial charge is 0.393 e. The maximum atomic E-state index is 14.5. The molecule has 0 spiro atoms. The Morgan fingerprint density at radius 3 is 3.00 bits per heavy atom. The summed E-state index contributed by atoms with van der Waals surface area (Å²) in [4.78, 5) is 10.9. The summed E-state index contributed by atoms with van der Waals surface area (Å²) in [7, 11) is 0. The summed E-state index contributed by atoms with van der Waals surface area (Å²) >= 11 is 0. The molecule has 3 aromatic heterocycles. The van der Waals surface area contributed by atoms with Crippen LogP contribution in [0.2, 0.25) is 0 Å². The second-order valence-corrected chi connectivity index (χ2v) is 7.66. The second-order valence-electron chi connectivity index (χ2n) is 7.66. The molecule has 4 rings (SSSR count). The van der Waals surface area contributed by atoms with E-state index in [0.717, 1.165) is 24.2 Å². The van der Waals surface area contributed by atoms with Gasteiger partial charge in [0.05, 0.1) is 11.8 Å². The molecule has 1 aliphatic rings. The Kier molecular flexibility index (Phi) is 4.78. The number of piperidine rings is 1. The van der Waals surface area contributed by atoms with Gasteiger partial charge >= 0.3 is 0 Å². The highest BCUT2D eigenvalue weighted by molar-refractivity contribution is 5.89. The van der Waals surface area contributed by atoms with E-state index in [4.69, 9.17) is 0 Å². The lowest BCUT2D eigenvalue weighted by Gasteiger charge is -2.37. The highest BCUT2D eigenvalue weighted by Gasteiger charge is 2.29. The zero-order chi connectivity index (χ0) is 19.0. The van der Waals surface area contributed by atoms with Crippen molar-refractivity contribution in [3.05, 3.63) is 36.3 Å². The average molecular weight is 369 g/mol. The molecule has 0 aliphatic carbocycles. The number of pyridine rings is 2. The standard InChI is InChI=1S/C20H24FN5O/c1-12(2)10-13-11-26(9-7-16(13)27)17-6-5-15(21)19(23-17)18-14-4-3-8-22-20(14)25-24-18/h3-6,8,12-13,16,27H,7,9-11H2,1-2H3,(H,22,24,25)/t13-,16-/m0/s1. The fraction of sp³-hybridized carbons (Fsp3) is 0.450. The molecule has 7 heteroatoms. The summed E-state index contributed by atoms with van der Waals surface area (Å²) in [6, 6.07) is 6.81. The summed E-state index contributed by atoms with van der Waals surface area (Å²) in [5.74, 6) is 1.04. The van der Waals surface area contributed by atoms with E-state index in [9.17, 15) is 9.50 Å². The van der Waals surface area contributed by atoms with Gasteiger partial charge in [-0.3, -0.25) is 5.10 Å². The Balaban J connectivity index is 1.66. The fourth-order valence-corrected chi connectivity index (χ4v) is 3.88. The quantitative estimate of drug-likeness (QED) is 0.737. The van der Waals surface area contributed by atoms with Gasteiger partial charge in [-0.1, -0.05) is 13.8 Å². The predicted molar refractivity (Wildman–Crippen MR) is 103 cm³/mol. The van der Waals surface area contributed by atoms with Crippen LogP contribution in [0.25, 0.3) is 22.4 Å². The van der Waals surface area contributed by atoms with Crippen LogP contribution in [0.1, 0.15) is 26.7 Å². The summed E-state index contributed by atoms with van der Waals surface area (Å²) in [5, 5.41) is 18.1. The SMILES string of the molecule is CC(C)C[C@H]1CN(c2ccc(F)c(-c3[nH]nc4ncccc34)n2)CC[C@@H]1O. The smallest absolute Gasteiger partial charge is 0.181 e. The van der Waals surface area contributed by atoms with E-state index in [1.54, 1.807) is 18.3 Å². The number of aliphatic hydroxyl groups is 1. The minimum Gasteiger partial charge on any atom is -0.393 e. The van der Waals surface area contributed by atoms with Crippen molar-refractivity contribution in [1.29, 1.82) is 0 Å². The van der Waals surface area contributed by atoms with Crippen molar-refractivity contribution in [2.75, 3.05) is 18.0 Å². The van der Waals surface area contributed by atoms with E-state index < -0.39 is 5.82 Å². The molecule has 1 saturated heterocycles. The minimum atomic E-state index is -0.399. The molecular formula is C20H24FN5O. The third-order valence-corrected chi connectivity index (χ3v) is 5.19. The minimum absolute atomic E-state index is 0.200. The summed E-state index contributed by atoms with van der Waals surface area (Å²) < 4.78 is 14.5. The topological polar surface area (TPSA) is 77.9 Å². The van der Waals surface area contributed by atoms with Gasteiger partial charge in [0.1, 0.15) is 11.5 Å². The summed E-state index contributed by atoms with van der Waals surface area (Å²) in [5.41, 5.74) is 1.32. The number of aliphatic hydroxyl groups excluding tert-OH is 1. The third-order valence-electron chi connectivity index (χ3n) is 5.19. The van der Waals surface area contributed by atoms with Gasteiger partial charge in [-0.15, -0.1) is 0 Å². The average Bonchev–Trinajstić information content (AvgIpc) is 3.08. The van der Waals surface area contributed by atoms with Crippen molar-refractivity contribution in [1.82, 2.24) is 20.2 Å². The molecule has 1 fully saturated rings. The molecule has 0 radical (unpaired) electrons. The molecule has 0 bridgehead atoms. The zero-order valence-electron chi connectivity index (χ0n) is 15.6. The maximum Gasteiger partial charge on any atom is 0.181 e. The number of fused-ring (bicyclic) bond motifs is 1. The van der Waals surface area contributed by atoms with E-state index in [1.807, 2.05) is 6.07 Å². The van der Waals surface area contributed by atoms with E-state index in [2.05, 4.69) is 38.9 Å². The van der Waals surface area contributed by atoms with Crippen molar-refractivity contribution in [2.24, 2.45) is 11.8 Å². The predicted octanol–water partition coefficient (Wildman–Crippen LogP) is 3.39. The van der Waals surface area contributed by atoms with Crippen molar-refractivity contribution in [2.45, 2.75) is 32.8 Å². The molecule has 0 amide bonds. The highest BCUT2D eigenvalue weighted by Crippen LogP contribution is 2.30. The van der Waals surface area contributed by atoms with E-state index in [0.29, 0.717) is 30.2 Å². The van der Waals surface area contributed by atoms with Crippen LogP contribution >= 0.6 is 0 Å². The van der Waals surface area contributed by atoms with Crippen LogP contribution in [0.5, 0.6) is 0 Å². The molecule has 6 nitrogen and oxygen atoms in total. The van der Waals surface area contributed by atoms with Crippen molar-refractivity contribution in [3.8, 4) is 11.4 Å². The van der Waals surface area contributed by atoms with Gasteiger partial charge in [-0.05, 0) is 43.0 Å². The number of anilines is 1. The number of nitrogens with zero attached hydrogens (tertiary/aromatic N) is 4. The number of nitrogens with one attached hydrogen (secondary N) is 1. The van der Waals surface area contributed by atoms with Gasteiger partial charge in [0, 0.05) is 30.6 Å². The Labute approximate surface area is 157 Å². The zero-order valence-corrected chi connectivity index (χ0v) is 15.6. The molecule has 3 aromatic rings. The van der Waals surface area contributed by atoms with Crippen LogP contribution in [0.15, 0.2) is 30.5 Å². The molecule has 27 heavy (non-hydrogen) atoms. The van der Waals surface area contributed by atoms with Gasteiger partial charge in [-0.2, -0.15) is 5.10 Å². The summed E-state index contributed by atoms with van der Waals surface area (Å²) in [6.45, 7) is 5.76. The van der Waals surface area contributed by atoms with Crippen molar-refractivity contribution < 1.29 is 9.50 Å². The molecule has 4 heterocycles. The molecule has 2 N–H and O–H groups in total. The summed E-state index contributed by atoms with van der Waals surface area (Å²) in [6.07, 6.45) is 3.03. The number of halogens is 1. The number of aromatic nitrogens is 4.